The molecule has 1 aliphatic carbocycles. The van der Waals surface area contributed by atoms with Crippen molar-refractivity contribution in [2.45, 2.75) is 31.7 Å². The van der Waals surface area contributed by atoms with Gasteiger partial charge in [0.15, 0.2) is 5.75 Å². The number of hydrogen-bond donors (Lipinski definition) is 0. The Morgan fingerprint density at radius 2 is 2.00 bits per heavy atom. The molecule has 3 rings (SSSR count). The Morgan fingerprint density at radius 1 is 1.22 bits per heavy atom. The van der Waals surface area contributed by atoms with Gasteiger partial charge < -0.3 is 4.74 Å². The van der Waals surface area contributed by atoms with Gasteiger partial charge in [0.2, 0.25) is 0 Å². The van der Waals surface area contributed by atoms with Crippen LogP contribution in [-0.4, -0.2) is 9.78 Å². The van der Waals surface area contributed by atoms with Gasteiger partial charge in [0, 0.05) is 0 Å². The van der Waals surface area contributed by atoms with E-state index in [9.17, 15) is 0 Å². The molecule has 0 radical (unpaired) electrons. The molecule has 0 N–H and O–H groups in total. The summed E-state index contributed by atoms with van der Waals surface area (Å²) in [4.78, 5) is 0. The van der Waals surface area contributed by atoms with E-state index >= 15 is 0 Å². The summed E-state index contributed by atoms with van der Waals surface area (Å²) in [6, 6.07) is 8.40. The second kappa shape index (κ2) is 5.14. The third-order valence-electron chi connectivity index (χ3n) is 3.34. The van der Waals surface area contributed by atoms with Crippen LogP contribution >= 0.6 is 15.9 Å². The number of aromatic nitrogens is 2. The lowest BCUT2D eigenvalue weighted by Crippen LogP contribution is -2.04. The van der Waals surface area contributed by atoms with Crippen LogP contribution < -0.4 is 4.74 Å². The summed E-state index contributed by atoms with van der Waals surface area (Å²) in [6.45, 7) is 0. The van der Waals surface area contributed by atoms with Crippen molar-refractivity contribution >= 4 is 15.9 Å². The Kier molecular flexibility index (Phi) is 3.37. The van der Waals surface area contributed by atoms with Crippen LogP contribution in [0.4, 0.5) is 0 Å². The van der Waals surface area contributed by atoms with Gasteiger partial charge in [0.25, 0.3) is 0 Å². The van der Waals surface area contributed by atoms with Gasteiger partial charge in [-0.15, -0.1) is 0 Å². The quantitative estimate of drug-likeness (QED) is 0.831. The van der Waals surface area contributed by atoms with Crippen molar-refractivity contribution in [1.29, 1.82) is 0 Å². The van der Waals surface area contributed by atoms with Crippen LogP contribution in [0.3, 0.4) is 0 Å². The molecule has 3 nitrogen and oxygen atoms in total. The summed E-state index contributed by atoms with van der Waals surface area (Å²) in [6.07, 6.45) is 8.87. The average Bonchev–Trinajstić information content (AvgIpc) is 3.02. The fourth-order valence-corrected chi connectivity index (χ4v) is 2.76. The fourth-order valence-electron chi connectivity index (χ4n) is 2.40. The first-order valence-corrected chi connectivity index (χ1v) is 7.09. The van der Waals surface area contributed by atoms with Gasteiger partial charge >= 0.3 is 0 Å². The van der Waals surface area contributed by atoms with E-state index in [-0.39, 0.29) is 0 Å². The molecule has 0 atom stereocenters. The first-order chi connectivity index (χ1) is 8.83. The molecule has 1 heterocycles. The van der Waals surface area contributed by atoms with Crippen molar-refractivity contribution in [3.8, 4) is 11.5 Å². The van der Waals surface area contributed by atoms with Crippen molar-refractivity contribution in [2.75, 3.05) is 0 Å². The third kappa shape index (κ3) is 2.43. The first-order valence-electron chi connectivity index (χ1n) is 6.29. The molecule has 0 aliphatic heterocycles. The molecule has 0 saturated heterocycles. The van der Waals surface area contributed by atoms with Crippen molar-refractivity contribution in [2.24, 2.45) is 0 Å². The van der Waals surface area contributed by atoms with Crippen LogP contribution in [0, 0.1) is 0 Å². The van der Waals surface area contributed by atoms with Gasteiger partial charge in [-0.05, 0) is 40.9 Å². The molecule has 1 aromatic carbocycles. The number of hydrogen-bond acceptors (Lipinski definition) is 2. The maximum Gasteiger partial charge on any atom is 0.165 e. The van der Waals surface area contributed by atoms with E-state index in [4.69, 9.17) is 4.74 Å². The predicted octanol–water partition coefficient (Wildman–Crippen LogP) is 4.55. The maximum absolute atomic E-state index is 5.82. The molecule has 1 fully saturated rings. The Bertz CT molecular complexity index is 532. The highest BCUT2D eigenvalue weighted by Crippen LogP contribution is 2.32. The number of benzene rings is 1. The highest BCUT2D eigenvalue weighted by molar-refractivity contribution is 9.10. The van der Waals surface area contributed by atoms with Gasteiger partial charge in [0.1, 0.15) is 5.75 Å². The lowest BCUT2D eigenvalue weighted by Gasteiger charge is -2.08. The van der Waals surface area contributed by atoms with Crippen LogP contribution in [0.1, 0.15) is 31.7 Å². The predicted molar refractivity (Wildman–Crippen MR) is 73.9 cm³/mol. The van der Waals surface area contributed by atoms with E-state index in [1.807, 2.05) is 35.1 Å². The van der Waals surface area contributed by atoms with Crippen molar-refractivity contribution in [3.63, 3.8) is 0 Å². The number of ether oxygens (including phenoxy) is 1. The van der Waals surface area contributed by atoms with Crippen LogP contribution in [0.2, 0.25) is 0 Å². The van der Waals surface area contributed by atoms with E-state index < -0.39 is 0 Å². The monoisotopic (exact) mass is 306 g/mol. The molecule has 0 spiro atoms. The fraction of sp³-hybridized carbons (Fsp3) is 0.357. The number of halogens is 1. The zero-order valence-electron chi connectivity index (χ0n) is 10.1. The number of para-hydroxylation sites is 1. The Labute approximate surface area is 115 Å². The summed E-state index contributed by atoms with van der Waals surface area (Å²) in [7, 11) is 0. The second-order valence-corrected chi connectivity index (χ2v) is 5.48. The standard InChI is InChI=1S/C14H15BrN2O/c15-13-7-3-4-8-14(13)18-12-9-16-17(10-12)11-5-1-2-6-11/h3-4,7-11H,1-2,5-6H2. The highest BCUT2D eigenvalue weighted by atomic mass is 79.9. The summed E-state index contributed by atoms with van der Waals surface area (Å²) >= 11 is 3.47. The third-order valence-corrected chi connectivity index (χ3v) is 4.00. The van der Waals surface area contributed by atoms with Crippen molar-refractivity contribution < 1.29 is 4.74 Å². The Hall–Kier alpha value is -1.29. The van der Waals surface area contributed by atoms with E-state index in [0.29, 0.717) is 6.04 Å². The summed E-state index contributed by atoms with van der Waals surface area (Å²) in [5.74, 6) is 1.62. The molecule has 18 heavy (non-hydrogen) atoms. The van der Waals surface area contributed by atoms with Crippen LogP contribution in [0.15, 0.2) is 41.1 Å². The van der Waals surface area contributed by atoms with Gasteiger partial charge in [-0.25, -0.2) is 0 Å². The molecule has 0 unspecified atom stereocenters. The van der Waals surface area contributed by atoms with Crippen molar-refractivity contribution in [3.05, 3.63) is 41.1 Å². The topological polar surface area (TPSA) is 27.1 Å². The van der Waals surface area contributed by atoms with E-state index in [2.05, 4.69) is 21.0 Å². The minimum Gasteiger partial charge on any atom is -0.453 e. The molecule has 94 valence electrons. The summed E-state index contributed by atoms with van der Waals surface area (Å²) in [5, 5.41) is 4.40. The Morgan fingerprint density at radius 3 is 2.78 bits per heavy atom. The SMILES string of the molecule is Brc1ccccc1Oc1cnn(C2CCCC2)c1. The van der Waals surface area contributed by atoms with Gasteiger partial charge in [-0.2, -0.15) is 5.10 Å². The average molecular weight is 307 g/mol. The minimum atomic E-state index is 0.557. The molecule has 1 aliphatic rings. The molecular weight excluding hydrogens is 292 g/mol. The molecule has 1 saturated carbocycles. The van der Waals surface area contributed by atoms with Gasteiger partial charge in [-0.3, -0.25) is 4.68 Å². The zero-order valence-corrected chi connectivity index (χ0v) is 11.6. The molecule has 0 bridgehead atoms. The molecule has 4 heteroatoms. The molecule has 0 amide bonds. The van der Waals surface area contributed by atoms with Crippen LogP contribution in [0.5, 0.6) is 11.5 Å². The van der Waals surface area contributed by atoms with Gasteiger partial charge in [0.05, 0.1) is 22.9 Å². The lowest BCUT2D eigenvalue weighted by atomic mass is 10.3. The van der Waals surface area contributed by atoms with E-state index in [0.717, 1.165) is 16.0 Å². The van der Waals surface area contributed by atoms with Gasteiger partial charge in [-0.1, -0.05) is 25.0 Å². The van der Waals surface area contributed by atoms with Crippen LogP contribution in [-0.2, 0) is 0 Å². The largest absolute Gasteiger partial charge is 0.453 e. The first kappa shape index (κ1) is 11.8. The molecule has 1 aromatic heterocycles. The smallest absolute Gasteiger partial charge is 0.165 e. The van der Waals surface area contributed by atoms with E-state index in [1.54, 1.807) is 6.20 Å². The lowest BCUT2D eigenvalue weighted by molar-refractivity contribution is 0.455. The van der Waals surface area contributed by atoms with E-state index in [1.165, 1.54) is 25.7 Å². The Balaban J connectivity index is 1.75. The normalized spacial score (nSPS) is 16.1. The summed E-state index contributed by atoms with van der Waals surface area (Å²) in [5.41, 5.74) is 0. The maximum atomic E-state index is 5.82. The molecular formula is C14H15BrN2O. The highest BCUT2D eigenvalue weighted by Gasteiger charge is 2.18. The van der Waals surface area contributed by atoms with Crippen molar-refractivity contribution in [1.82, 2.24) is 9.78 Å². The number of nitrogens with zero attached hydrogens (tertiary/aromatic N) is 2. The number of rotatable bonds is 3. The zero-order chi connectivity index (χ0) is 12.4. The molecule has 2 aromatic rings. The van der Waals surface area contributed by atoms with Crippen LogP contribution in [0.25, 0.3) is 0 Å². The minimum absolute atomic E-state index is 0.557. The second-order valence-electron chi connectivity index (χ2n) is 4.63. The summed E-state index contributed by atoms with van der Waals surface area (Å²) < 4.78 is 8.82.